The average molecular weight is 374 g/mol. The SMILES string of the molecule is CC(=O)c1ccc(NC(=O)CSc2nnc(C)n2C[C@@H]2CCCO2)cc1. The highest BCUT2D eigenvalue weighted by atomic mass is 32.2. The van der Waals surface area contributed by atoms with Gasteiger partial charge in [-0.3, -0.25) is 9.59 Å². The van der Waals surface area contributed by atoms with E-state index >= 15 is 0 Å². The van der Waals surface area contributed by atoms with E-state index in [0.29, 0.717) is 11.3 Å². The lowest BCUT2D eigenvalue weighted by molar-refractivity contribution is -0.113. The topological polar surface area (TPSA) is 86.1 Å². The standard InChI is InChI=1S/C18H22N4O3S/c1-12(23)14-5-7-15(8-6-14)19-17(24)11-26-18-21-20-13(2)22(18)10-16-4-3-9-25-16/h5-8,16H,3-4,9-11H2,1-2H3,(H,19,24)/t16-/m0/s1. The number of hydrogen-bond acceptors (Lipinski definition) is 6. The van der Waals surface area contributed by atoms with Gasteiger partial charge in [-0.15, -0.1) is 10.2 Å². The number of ether oxygens (including phenoxy) is 1. The molecule has 1 aliphatic rings. The molecule has 2 aromatic rings. The summed E-state index contributed by atoms with van der Waals surface area (Å²) in [5, 5.41) is 11.8. The minimum absolute atomic E-state index is 0.000574. The van der Waals surface area contributed by atoms with E-state index in [1.165, 1.54) is 18.7 Å². The quantitative estimate of drug-likeness (QED) is 0.592. The van der Waals surface area contributed by atoms with E-state index < -0.39 is 0 Å². The number of anilines is 1. The zero-order chi connectivity index (χ0) is 18.5. The Morgan fingerprint density at radius 2 is 2.08 bits per heavy atom. The van der Waals surface area contributed by atoms with Gasteiger partial charge in [-0.05, 0) is 51.0 Å². The van der Waals surface area contributed by atoms with E-state index in [2.05, 4.69) is 15.5 Å². The van der Waals surface area contributed by atoms with Gasteiger partial charge < -0.3 is 14.6 Å². The molecule has 0 spiro atoms. The van der Waals surface area contributed by atoms with Crippen LogP contribution in [-0.4, -0.2) is 44.9 Å². The van der Waals surface area contributed by atoms with Crippen molar-refractivity contribution in [1.82, 2.24) is 14.8 Å². The van der Waals surface area contributed by atoms with Gasteiger partial charge in [-0.25, -0.2) is 0 Å². The number of nitrogens with zero attached hydrogens (tertiary/aromatic N) is 3. The summed E-state index contributed by atoms with van der Waals surface area (Å²) in [6.45, 7) is 4.94. The van der Waals surface area contributed by atoms with Crippen molar-refractivity contribution in [3.63, 3.8) is 0 Å². The third kappa shape index (κ3) is 4.70. The van der Waals surface area contributed by atoms with Crippen molar-refractivity contribution in [2.24, 2.45) is 0 Å². The van der Waals surface area contributed by atoms with Crippen molar-refractivity contribution < 1.29 is 14.3 Å². The van der Waals surface area contributed by atoms with Gasteiger partial charge >= 0.3 is 0 Å². The second-order valence-corrected chi connectivity index (χ2v) is 7.19. The highest BCUT2D eigenvalue weighted by Gasteiger charge is 2.20. The molecule has 1 aromatic heterocycles. The zero-order valence-electron chi connectivity index (χ0n) is 14.9. The first-order valence-electron chi connectivity index (χ1n) is 8.58. The molecule has 3 rings (SSSR count). The number of amides is 1. The molecule has 138 valence electrons. The molecule has 1 aliphatic heterocycles. The van der Waals surface area contributed by atoms with Crippen LogP contribution in [0.1, 0.15) is 35.9 Å². The van der Waals surface area contributed by atoms with E-state index in [9.17, 15) is 9.59 Å². The molecule has 2 heterocycles. The van der Waals surface area contributed by atoms with Crippen molar-refractivity contribution in [2.45, 2.75) is 44.5 Å². The second-order valence-electron chi connectivity index (χ2n) is 6.25. The molecule has 0 aliphatic carbocycles. The summed E-state index contributed by atoms with van der Waals surface area (Å²) < 4.78 is 7.69. The van der Waals surface area contributed by atoms with Gasteiger partial charge in [0.25, 0.3) is 0 Å². The first-order valence-corrected chi connectivity index (χ1v) is 9.56. The smallest absolute Gasteiger partial charge is 0.234 e. The van der Waals surface area contributed by atoms with Crippen molar-refractivity contribution in [1.29, 1.82) is 0 Å². The monoisotopic (exact) mass is 374 g/mol. The van der Waals surface area contributed by atoms with Gasteiger partial charge in [0.15, 0.2) is 10.9 Å². The van der Waals surface area contributed by atoms with Gasteiger partial charge in [0, 0.05) is 17.9 Å². The van der Waals surface area contributed by atoms with E-state index in [4.69, 9.17) is 4.74 Å². The van der Waals surface area contributed by atoms with Crippen LogP contribution in [0.2, 0.25) is 0 Å². The fourth-order valence-corrected chi connectivity index (χ4v) is 3.58. The Kier molecular flexibility index (Phi) is 6.05. The van der Waals surface area contributed by atoms with E-state index in [-0.39, 0.29) is 23.5 Å². The molecule has 1 saturated heterocycles. The second kappa shape index (κ2) is 8.46. The Labute approximate surface area is 156 Å². The highest BCUT2D eigenvalue weighted by Crippen LogP contribution is 2.21. The summed E-state index contributed by atoms with van der Waals surface area (Å²) in [6.07, 6.45) is 2.31. The first-order chi connectivity index (χ1) is 12.5. The number of rotatable bonds is 7. The zero-order valence-corrected chi connectivity index (χ0v) is 15.7. The Balaban J connectivity index is 1.55. The Hall–Kier alpha value is -2.19. The maximum absolute atomic E-state index is 12.2. The Morgan fingerprint density at radius 1 is 1.31 bits per heavy atom. The largest absolute Gasteiger partial charge is 0.376 e. The number of aromatic nitrogens is 3. The van der Waals surface area contributed by atoms with Crippen LogP contribution in [0.5, 0.6) is 0 Å². The maximum Gasteiger partial charge on any atom is 0.234 e. The number of hydrogen-bond donors (Lipinski definition) is 1. The Bertz CT molecular complexity index is 782. The molecular formula is C18H22N4O3S. The van der Waals surface area contributed by atoms with Crippen LogP contribution in [0.25, 0.3) is 0 Å². The van der Waals surface area contributed by atoms with Crippen LogP contribution in [0.4, 0.5) is 5.69 Å². The Morgan fingerprint density at radius 3 is 2.73 bits per heavy atom. The molecule has 26 heavy (non-hydrogen) atoms. The minimum atomic E-state index is -0.130. The lowest BCUT2D eigenvalue weighted by atomic mass is 10.1. The van der Waals surface area contributed by atoms with Gasteiger partial charge in [0.1, 0.15) is 5.82 Å². The highest BCUT2D eigenvalue weighted by molar-refractivity contribution is 7.99. The third-order valence-electron chi connectivity index (χ3n) is 4.22. The molecule has 8 heteroatoms. The van der Waals surface area contributed by atoms with Crippen LogP contribution < -0.4 is 5.32 Å². The number of carbonyl (C=O) groups excluding carboxylic acids is 2. The van der Waals surface area contributed by atoms with Gasteiger partial charge in [-0.1, -0.05) is 11.8 Å². The summed E-state index contributed by atoms with van der Waals surface area (Å²) in [6, 6.07) is 6.85. The van der Waals surface area contributed by atoms with Gasteiger partial charge in [0.2, 0.25) is 5.91 Å². The molecule has 0 bridgehead atoms. The number of thioether (sulfide) groups is 1. The summed E-state index contributed by atoms with van der Waals surface area (Å²) in [5.41, 5.74) is 1.28. The summed E-state index contributed by atoms with van der Waals surface area (Å²) in [4.78, 5) is 23.5. The van der Waals surface area contributed by atoms with Crippen molar-refractivity contribution in [3.8, 4) is 0 Å². The number of ketones is 1. The lowest BCUT2D eigenvalue weighted by Crippen LogP contribution is -2.18. The van der Waals surface area contributed by atoms with E-state index in [1.54, 1.807) is 24.3 Å². The molecular weight excluding hydrogens is 352 g/mol. The molecule has 1 amide bonds. The van der Waals surface area contributed by atoms with E-state index in [1.807, 2.05) is 11.5 Å². The fraction of sp³-hybridized carbons (Fsp3) is 0.444. The number of nitrogens with one attached hydrogen (secondary N) is 1. The maximum atomic E-state index is 12.2. The van der Waals surface area contributed by atoms with Crippen LogP contribution in [0, 0.1) is 6.92 Å². The first kappa shape index (κ1) is 18.6. The number of Topliss-reactive ketones (excluding diaryl/α,β-unsaturated/α-hetero) is 1. The van der Waals surface area contributed by atoms with Crippen LogP contribution in [0.3, 0.4) is 0 Å². The lowest BCUT2D eigenvalue weighted by Gasteiger charge is -2.13. The predicted molar refractivity (Wildman–Crippen MR) is 99.5 cm³/mol. The van der Waals surface area contributed by atoms with Crippen LogP contribution >= 0.6 is 11.8 Å². The van der Waals surface area contributed by atoms with Gasteiger partial charge in [0.05, 0.1) is 18.4 Å². The molecule has 0 unspecified atom stereocenters. The molecule has 0 saturated carbocycles. The molecule has 0 radical (unpaired) electrons. The van der Waals surface area contributed by atoms with Crippen molar-refractivity contribution in [3.05, 3.63) is 35.7 Å². The van der Waals surface area contributed by atoms with Crippen molar-refractivity contribution in [2.75, 3.05) is 17.7 Å². The summed E-state index contributed by atoms with van der Waals surface area (Å²) in [7, 11) is 0. The molecule has 1 aromatic carbocycles. The number of aryl methyl sites for hydroxylation is 1. The molecule has 7 nitrogen and oxygen atoms in total. The summed E-state index contributed by atoms with van der Waals surface area (Å²) >= 11 is 1.35. The number of carbonyl (C=O) groups is 2. The molecule has 1 fully saturated rings. The average Bonchev–Trinajstić information content (AvgIpc) is 3.25. The van der Waals surface area contributed by atoms with E-state index in [0.717, 1.165) is 37.0 Å². The molecule has 1 N–H and O–H groups in total. The van der Waals surface area contributed by atoms with Crippen LogP contribution in [-0.2, 0) is 16.1 Å². The number of benzene rings is 1. The van der Waals surface area contributed by atoms with Crippen LogP contribution in [0.15, 0.2) is 29.4 Å². The molecule has 1 atom stereocenters. The normalized spacial score (nSPS) is 16.6. The third-order valence-corrected chi connectivity index (χ3v) is 5.19. The van der Waals surface area contributed by atoms with Gasteiger partial charge in [-0.2, -0.15) is 0 Å². The fourth-order valence-electron chi connectivity index (χ4n) is 2.79. The summed E-state index contributed by atoms with van der Waals surface area (Å²) in [5.74, 6) is 0.926. The predicted octanol–water partition coefficient (Wildman–Crippen LogP) is 2.70. The minimum Gasteiger partial charge on any atom is -0.376 e. The van der Waals surface area contributed by atoms with Crippen molar-refractivity contribution >= 4 is 29.1 Å².